The summed E-state index contributed by atoms with van der Waals surface area (Å²) in [4.78, 5) is 4.75. The number of fused-ring (bicyclic) bond motifs is 1. The molecule has 2 heterocycles. The van der Waals surface area contributed by atoms with Gasteiger partial charge in [-0.15, -0.1) is 10.2 Å². The number of nitrogens with zero attached hydrogens (tertiary/aromatic N) is 4. The molecule has 0 saturated heterocycles. The quantitative estimate of drug-likeness (QED) is 0.697. The lowest BCUT2D eigenvalue weighted by Crippen LogP contribution is -2.08. The first-order valence-electron chi connectivity index (χ1n) is 8.30. The molecule has 1 aliphatic carbocycles. The fourth-order valence-electron chi connectivity index (χ4n) is 2.93. The molecular weight excluding hydrogens is 320 g/mol. The van der Waals surface area contributed by atoms with Gasteiger partial charge in [0.15, 0.2) is 11.0 Å². The molecule has 1 unspecified atom stereocenters. The summed E-state index contributed by atoms with van der Waals surface area (Å²) in [6.07, 6.45) is 3.18. The van der Waals surface area contributed by atoms with E-state index in [1.54, 1.807) is 11.8 Å². The third-order valence-corrected chi connectivity index (χ3v) is 5.31. The predicted molar refractivity (Wildman–Crippen MR) is 95.0 cm³/mol. The Labute approximate surface area is 145 Å². The molecule has 1 atom stereocenters. The molecule has 1 aliphatic rings. The van der Waals surface area contributed by atoms with Crippen molar-refractivity contribution in [1.29, 1.82) is 0 Å². The van der Waals surface area contributed by atoms with E-state index in [4.69, 9.17) is 4.98 Å². The Bertz CT molecular complexity index is 859. The van der Waals surface area contributed by atoms with Gasteiger partial charge in [0.05, 0.1) is 5.52 Å². The average molecular weight is 340 g/mol. The number of aliphatic hydroxyl groups is 1. The molecule has 0 bridgehead atoms. The van der Waals surface area contributed by atoms with Crippen LogP contribution in [0.5, 0.6) is 0 Å². The molecular formula is C18H20N4OS. The molecule has 124 valence electrons. The summed E-state index contributed by atoms with van der Waals surface area (Å²) in [6, 6.07) is 12.9. The first-order chi connectivity index (χ1) is 11.7. The van der Waals surface area contributed by atoms with Crippen LogP contribution in [0.15, 0.2) is 41.6 Å². The Morgan fingerprint density at radius 2 is 2.04 bits per heavy atom. The summed E-state index contributed by atoms with van der Waals surface area (Å²) in [5.74, 6) is 0.677. The number of thioether (sulfide) groups is 1. The van der Waals surface area contributed by atoms with E-state index in [2.05, 4.69) is 39.9 Å². The lowest BCUT2D eigenvalue weighted by molar-refractivity contribution is 0.263. The van der Waals surface area contributed by atoms with Gasteiger partial charge < -0.3 is 9.67 Å². The number of aliphatic hydroxyl groups excluding tert-OH is 1. The summed E-state index contributed by atoms with van der Waals surface area (Å²) in [5, 5.41) is 20.3. The van der Waals surface area contributed by atoms with E-state index in [9.17, 15) is 5.11 Å². The first-order valence-corrected chi connectivity index (χ1v) is 9.18. The maximum Gasteiger partial charge on any atom is 0.191 e. The Morgan fingerprint density at radius 3 is 2.83 bits per heavy atom. The zero-order chi connectivity index (χ0) is 16.5. The van der Waals surface area contributed by atoms with Crippen molar-refractivity contribution in [3.05, 3.63) is 47.9 Å². The van der Waals surface area contributed by atoms with E-state index in [0.717, 1.165) is 35.6 Å². The number of aromatic nitrogens is 4. The molecule has 1 aromatic carbocycles. The number of hydrogen-bond acceptors (Lipinski definition) is 5. The van der Waals surface area contributed by atoms with Crippen LogP contribution in [0.25, 0.3) is 10.9 Å². The maximum absolute atomic E-state index is 9.44. The fraction of sp³-hybridized carbons (Fsp3) is 0.389. The van der Waals surface area contributed by atoms with Gasteiger partial charge in [0.25, 0.3) is 0 Å². The van der Waals surface area contributed by atoms with Crippen molar-refractivity contribution in [3.63, 3.8) is 0 Å². The average Bonchev–Trinajstić information content (AvgIpc) is 3.35. The molecule has 0 aliphatic heterocycles. The van der Waals surface area contributed by atoms with E-state index < -0.39 is 0 Å². The second kappa shape index (κ2) is 6.53. The van der Waals surface area contributed by atoms with Crippen LogP contribution in [0.2, 0.25) is 0 Å². The molecule has 1 N–H and O–H groups in total. The number of para-hydroxylation sites is 1. The summed E-state index contributed by atoms with van der Waals surface area (Å²) in [6.45, 7) is 2.14. The number of hydrogen-bond donors (Lipinski definition) is 1. The highest BCUT2D eigenvalue weighted by atomic mass is 32.2. The van der Waals surface area contributed by atoms with Gasteiger partial charge in [-0.25, -0.2) is 0 Å². The Morgan fingerprint density at radius 1 is 1.21 bits per heavy atom. The third kappa shape index (κ3) is 3.16. The predicted octanol–water partition coefficient (Wildman–Crippen LogP) is 3.38. The molecule has 6 heteroatoms. The van der Waals surface area contributed by atoms with Crippen LogP contribution in [0.3, 0.4) is 0 Å². The summed E-state index contributed by atoms with van der Waals surface area (Å²) in [7, 11) is 0. The van der Waals surface area contributed by atoms with Crippen molar-refractivity contribution in [2.24, 2.45) is 0 Å². The molecule has 5 nitrogen and oxygen atoms in total. The van der Waals surface area contributed by atoms with Crippen LogP contribution >= 0.6 is 11.8 Å². The smallest absolute Gasteiger partial charge is 0.191 e. The molecule has 1 fully saturated rings. The highest BCUT2D eigenvalue weighted by molar-refractivity contribution is 7.99. The monoisotopic (exact) mass is 340 g/mol. The minimum absolute atomic E-state index is 0.0509. The normalized spacial score (nSPS) is 15.8. The minimum Gasteiger partial charge on any atom is -0.388 e. The Balaban J connectivity index is 1.50. The lowest BCUT2D eigenvalue weighted by Gasteiger charge is -2.12. The summed E-state index contributed by atoms with van der Waals surface area (Å²) < 4.78 is 2.11. The van der Waals surface area contributed by atoms with E-state index in [0.29, 0.717) is 17.1 Å². The van der Waals surface area contributed by atoms with Gasteiger partial charge >= 0.3 is 0 Å². The highest BCUT2D eigenvalue weighted by Crippen LogP contribution is 2.39. The fourth-order valence-corrected chi connectivity index (χ4v) is 4.00. The van der Waals surface area contributed by atoms with Crippen molar-refractivity contribution in [1.82, 2.24) is 19.7 Å². The summed E-state index contributed by atoms with van der Waals surface area (Å²) in [5.41, 5.74) is 2.13. The van der Waals surface area contributed by atoms with Gasteiger partial charge in [0.1, 0.15) is 6.61 Å². The van der Waals surface area contributed by atoms with Gasteiger partial charge in [-0.3, -0.25) is 4.98 Å². The standard InChI is InChI=1S/C18H20N4OS/c1-12(10-14-7-6-13-4-2-3-5-16(13)19-14)24-18-21-20-17(11-23)22(18)15-8-9-15/h2-7,12,15,23H,8-11H2,1H3. The van der Waals surface area contributed by atoms with E-state index in [1.165, 1.54) is 5.39 Å². The minimum atomic E-state index is -0.0509. The zero-order valence-electron chi connectivity index (χ0n) is 13.6. The lowest BCUT2D eigenvalue weighted by atomic mass is 10.1. The van der Waals surface area contributed by atoms with Crippen LogP contribution < -0.4 is 0 Å². The molecule has 3 aromatic rings. The Hall–Kier alpha value is -1.92. The van der Waals surface area contributed by atoms with E-state index in [1.807, 2.05) is 18.2 Å². The van der Waals surface area contributed by atoms with Crippen LogP contribution in [0, 0.1) is 0 Å². The van der Waals surface area contributed by atoms with Gasteiger partial charge in [0, 0.05) is 28.8 Å². The van der Waals surface area contributed by atoms with Crippen LogP contribution in [0.4, 0.5) is 0 Å². The molecule has 24 heavy (non-hydrogen) atoms. The van der Waals surface area contributed by atoms with Crippen molar-refractivity contribution in [2.75, 3.05) is 0 Å². The summed E-state index contributed by atoms with van der Waals surface area (Å²) >= 11 is 1.71. The van der Waals surface area contributed by atoms with Crippen molar-refractivity contribution < 1.29 is 5.11 Å². The highest BCUT2D eigenvalue weighted by Gasteiger charge is 2.30. The van der Waals surface area contributed by atoms with Crippen LogP contribution in [-0.4, -0.2) is 30.1 Å². The largest absolute Gasteiger partial charge is 0.388 e. The Kier molecular flexibility index (Phi) is 4.24. The number of benzene rings is 1. The van der Waals surface area contributed by atoms with Crippen LogP contribution in [-0.2, 0) is 13.0 Å². The topological polar surface area (TPSA) is 63.8 Å². The van der Waals surface area contributed by atoms with Crippen molar-refractivity contribution in [3.8, 4) is 0 Å². The van der Waals surface area contributed by atoms with Gasteiger partial charge in [0.2, 0.25) is 0 Å². The van der Waals surface area contributed by atoms with Gasteiger partial charge in [-0.2, -0.15) is 0 Å². The van der Waals surface area contributed by atoms with E-state index in [-0.39, 0.29) is 6.61 Å². The SMILES string of the molecule is CC(Cc1ccc2ccccc2n1)Sc1nnc(CO)n1C1CC1. The zero-order valence-corrected chi connectivity index (χ0v) is 14.4. The van der Waals surface area contributed by atoms with Crippen molar-refractivity contribution in [2.45, 2.75) is 49.2 Å². The number of rotatable bonds is 6. The second-order valence-corrected chi connectivity index (χ2v) is 7.69. The van der Waals surface area contributed by atoms with Crippen molar-refractivity contribution >= 4 is 22.7 Å². The van der Waals surface area contributed by atoms with Gasteiger partial charge in [-0.1, -0.05) is 43.0 Å². The van der Waals surface area contributed by atoms with Crippen LogP contribution in [0.1, 0.15) is 37.3 Å². The molecule has 0 radical (unpaired) electrons. The molecule has 1 saturated carbocycles. The maximum atomic E-state index is 9.44. The molecule has 4 rings (SSSR count). The molecule has 0 spiro atoms. The van der Waals surface area contributed by atoms with Gasteiger partial charge in [-0.05, 0) is 25.0 Å². The first kappa shape index (κ1) is 15.6. The number of pyridine rings is 1. The molecule has 0 amide bonds. The molecule has 2 aromatic heterocycles. The van der Waals surface area contributed by atoms with E-state index >= 15 is 0 Å². The third-order valence-electron chi connectivity index (χ3n) is 4.25. The second-order valence-electron chi connectivity index (χ2n) is 6.29.